The van der Waals surface area contributed by atoms with E-state index in [4.69, 9.17) is 0 Å². The van der Waals surface area contributed by atoms with Gasteiger partial charge in [0, 0.05) is 0 Å². The van der Waals surface area contributed by atoms with Crippen molar-refractivity contribution in [2.24, 2.45) is 11.3 Å². The van der Waals surface area contributed by atoms with Gasteiger partial charge in [-0.1, -0.05) is 51.9 Å². The number of hydrogen-bond acceptors (Lipinski definition) is 0. The summed E-state index contributed by atoms with van der Waals surface area (Å²) in [6.45, 7) is 9.15. The fourth-order valence-corrected chi connectivity index (χ4v) is 3.16. The summed E-state index contributed by atoms with van der Waals surface area (Å²) in [6.07, 6.45) is 9.37. The summed E-state index contributed by atoms with van der Waals surface area (Å²) < 4.78 is 0. The molecule has 0 aromatic carbocycles. The summed E-state index contributed by atoms with van der Waals surface area (Å²) in [5.41, 5.74) is 4.71. The molecule has 1 atom stereocenters. The minimum atomic E-state index is 0. The molecule has 0 aromatic rings. The first-order valence-corrected chi connectivity index (χ1v) is 5.86. The molecule has 1 saturated carbocycles. The molecule has 0 bridgehead atoms. The van der Waals surface area contributed by atoms with E-state index in [-0.39, 0.29) is 41.0 Å². The normalized spacial score (nSPS) is 28.1. The van der Waals surface area contributed by atoms with Gasteiger partial charge in [0.15, 0.2) is 0 Å². The Kier molecular flexibility index (Phi) is 8.02. The number of halogens is 2. The molecule has 0 amide bonds. The van der Waals surface area contributed by atoms with Crippen LogP contribution in [0.5, 0.6) is 0 Å². The van der Waals surface area contributed by atoms with Gasteiger partial charge in [-0.2, -0.15) is 11.1 Å². The van der Waals surface area contributed by atoms with Gasteiger partial charge in [0.05, 0.1) is 0 Å². The van der Waals surface area contributed by atoms with Gasteiger partial charge in [-0.05, 0) is 5.92 Å². The number of allylic oxidation sites excluding steroid dienone is 4. The topological polar surface area (TPSA) is 0 Å². The van der Waals surface area contributed by atoms with Crippen molar-refractivity contribution < 1.29 is 35.6 Å². The smallest absolute Gasteiger partial charge is 1.00 e. The number of rotatable bonds is 1. The van der Waals surface area contributed by atoms with E-state index in [9.17, 15) is 0 Å². The molecule has 0 aliphatic heterocycles. The summed E-state index contributed by atoms with van der Waals surface area (Å²) in [5, 5.41) is 0. The molecule has 3 heteroatoms. The minimum absolute atomic E-state index is 0. The molecule has 0 spiro atoms. The average molecular weight is 319 g/mol. The Morgan fingerprint density at radius 1 is 1.06 bits per heavy atom. The summed E-state index contributed by atoms with van der Waals surface area (Å²) >= 11 is 0. The first kappa shape index (κ1) is 19.6. The van der Waals surface area contributed by atoms with Gasteiger partial charge in [0.1, 0.15) is 0 Å². The molecule has 2 aliphatic carbocycles. The van der Waals surface area contributed by atoms with Crippen molar-refractivity contribution in [2.75, 3.05) is 0 Å². The molecule has 1 fully saturated rings. The molecule has 2 aliphatic rings. The van der Waals surface area contributed by atoms with Gasteiger partial charge in [-0.3, -0.25) is 6.08 Å². The molecule has 0 saturated heterocycles. The Labute approximate surface area is 123 Å². The van der Waals surface area contributed by atoms with Gasteiger partial charge in [0.2, 0.25) is 0 Å². The van der Waals surface area contributed by atoms with Crippen molar-refractivity contribution in [3.05, 3.63) is 22.8 Å². The molecule has 95 valence electrons. The monoisotopic (exact) mass is 317 g/mol. The van der Waals surface area contributed by atoms with Gasteiger partial charge in [0.25, 0.3) is 0 Å². The third-order valence-electron chi connectivity index (χ3n) is 4.52. The van der Waals surface area contributed by atoms with Crippen LogP contribution in [0.15, 0.2) is 16.7 Å². The Hall–Kier alpha value is 0.223. The van der Waals surface area contributed by atoms with Crippen LogP contribution in [-0.2, 0) is 26.2 Å². The quantitative estimate of drug-likeness (QED) is 0.505. The van der Waals surface area contributed by atoms with Crippen LogP contribution < -0.4 is 9.41 Å². The van der Waals surface area contributed by atoms with Crippen molar-refractivity contribution >= 4 is 0 Å². The average Bonchev–Trinajstić information content (AvgIpc) is 2.73. The predicted molar refractivity (Wildman–Crippen MR) is 60.9 cm³/mol. The second-order valence-electron chi connectivity index (χ2n) is 5.18. The van der Waals surface area contributed by atoms with Crippen molar-refractivity contribution in [3.8, 4) is 0 Å². The van der Waals surface area contributed by atoms with Crippen LogP contribution in [0.25, 0.3) is 0 Å². The van der Waals surface area contributed by atoms with Crippen molar-refractivity contribution in [2.45, 2.75) is 53.4 Å². The van der Waals surface area contributed by atoms with E-state index in [0.717, 1.165) is 5.92 Å². The van der Waals surface area contributed by atoms with Crippen LogP contribution in [0.4, 0.5) is 0 Å². The first-order valence-electron chi connectivity index (χ1n) is 5.86. The number of hydrogen-bond donors (Lipinski definition) is 0. The molecular formula is C14H21F2Zr. The van der Waals surface area contributed by atoms with E-state index in [1.54, 1.807) is 5.57 Å². The van der Waals surface area contributed by atoms with Gasteiger partial charge < -0.3 is 9.41 Å². The maximum absolute atomic E-state index is 3.71. The van der Waals surface area contributed by atoms with Crippen LogP contribution in [0, 0.1) is 17.4 Å². The predicted octanol–water partition coefficient (Wildman–Crippen LogP) is -1.71. The van der Waals surface area contributed by atoms with E-state index < -0.39 is 0 Å². The van der Waals surface area contributed by atoms with Crippen molar-refractivity contribution in [1.29, 1.82) is 0 Å². The van der Waals surface area contributed by atoms with Crippen LogP contribution in [0.3, 0.4) is 0 Å². The second kappa shape index (κ2) is 6.97. The third kappa shape index (κ3) is 3.16. The molecule has 0 N–H and O–H groups in total. The fourth-order valence-electron chi connectivity index (χ4n) is 3.16. The van der Waals surface area contributed by atoms with E-state index in [2.05, 4.69) is 33.8 Å². The Bertz CT molecular complexity index is 314. The van der Waals surface area contributed by atoms with Crippen molar-refractivity contribution in [1.82, 2.24) is 0 Å². The van der Waals surface area contributed by atoms with Gasteiger partial charge in [-0.15, -0.1) is 6.92 Å². The van der Waals surface area contributed by atoms with E-state index in [0.29, 0.717) is 0 Å². The summed E-state index contributed by atoms with van der Waals surface area (Å²) in [7, 11) is 0. The second-order valence-corrected chi connectivity index (χ2v) is 5.18. The van der Waals surface area contributed by atoms with E-state index >= 15 is 0 Å². The Balaban J connectivity index is 0. The zero-order chi connectivity index (χ0) is 10.3. The zero-order valence-corrected chi connectivity index (χ0v) is 13.6. The van der Waals surface area contributed by atoms with Crippen molar-refractivity contribution in [3.63, 3.8) is 0 Å². The summed E-state index contributed by atoms with van der Waals surface area (Å²) in [6, 6.07) is 0. The summed E-state index contributed by atoms with van der Waals surface area (Å²) in [5.74, 6) is 0.856. The van der Waals surface area contributed by atoms with Crippen LogP contribution in [0.2, 0.25) is 0 Å². The molecule has 0 nitrogen and oxygen atoms in total. The van der Waals surface area contributed by atoms with E-state index in [1.807, 2.05) is 0 Å². The first-order chi connectivity index (χ1) is 6.55. The maximum atomic E-state index is 3.71. The molecule has 0 heterocycles. The molecule has 2 rings (SSSR count). The maximum Gasteiger partial charge on any atom is 3.00 e. The minimum Gasteiger partial charge on any atom is -1.00 e. The van der Waals surface area contributed by atoms with Gasteiger partial charge >= 0.3 is 26.2 Å². The summed E-state index contributed by atoms with van der Waals surface area (Å²) in [4.78, 5) is 0. The molecule has 1 radical (unpaired) electrons. The third-order valence-corrected chi connectivity index (χ3v) is 4.52. The van der Waals surface area contributed by atoms with Crippen LogP contribution >= 0.6 is 0 Å². The fraction of sp³-hybridized carbons (Fsp3) is 0.714. The Morgan fingerprint density at radius 3 is 1.88 bits per heavy atom. The molecule has 17 heavy (non-hydrogen) atoms. The largest absolute Gasteiger partial charge is 3.00 e. The Morgan fingerprint density at radius 2 is 1.53 bits per heavy atom. The molecule has 1 unspecified atom stereocenters. The SMILES string of the molecule is CC1=[C-]C(C)(C2CCCC2)C(C)=C1C.[F-].[F-].[Zr+3]. The zero-order valence-electron chi connectivity index (χ0n) is 11.2. The standard InChI is InChI=1S/C14H21.2FH.Zr/c1-10-9-14(4,12(3)11(10)2)13-7-5-6-8-13;;;/h13H,5-8H2,1-4H3;2*1H;/q-1;;;+3/p-2. The molecular weight excluding hydrogens is 297 g/mol. The van der Waals surface area contributed by atoms with Crippen LogP contribution in [0.1, 0.15) is 53.4 Å². The van der Waals surface area contributed by atoms with E-state index in [1.165, 1.54) is 36.8 Å². The molecule has 0 aromatic heterocycles. The van der Waals surface area contributed by atoms with Gasteiger partial charge in [-0.25, -0.2) is 5.57 Å². The van der Waals surface area contributed by atoms with Crippen LogP contribution in [-0.4, -0.2) is 0 Å².